The highest BCUT2D eigenvalue weighted by molar-refractivity contribution is 5.29. The van der Waals surface area contributed by atoms with Gasteiger partial charge in [-0.15, -0.1) is 0 Å². The van der Waals surface area contributed by atoms with Gasteiger partial charge in [0.2, 0.25) is 0 Å². The molecule has 2 nitrogen and oxygen atoms in total. The summed E-state index contributed by atoms with van der Waals surface area (Å²) >= 11 is 0. The van der Waals surface area contributed by atoms with Gasteiger partial charge in [0.1, 0.15) is 5.82 Å². The van der Waals surface area contributed by atoms with Crippen LogP contribution in [0.15, 0.2) is 18.2 Å². The molecule has 1 rings (SSSR count). The summed E-state index contributed by atoms with van der Waals surface area (Å²) in [7, 11) is 0. The minimum atomic E-state index is -4.70. The second-order valence-electron chi connectivity index (χ2n) is 4.87. The normalized spacial score (nSPS) is 13.8. The second kappa shape index (κ2) is 7.04. The Morgan fingerprint density at radius 1 is 1.20 bits per heavy atom. The molecule has 0 amide bonds. The van der Waals surface area contributed by atoms with E-state index in [1.807, 2.05) is 13.8 Å². The molecule has 0 bridgehead atoms. The van der Waals surface area contributed by atoms with Crippen molar-refractivity contribution in [1.82, 2.24) is 5.43 Å². The smallest absolute Gasteiger partial charge is 0.271 e. The molecule has 1 aromatic carbocycles. The Morgan fingerprint density at radius 3 is 2.25 bits per heavy atom. The molecule has 0 aliphatic heterocycles. The zero-order chi connectivity index (χ0) is 15.3. The van der Waals surface area contributed by atoms with Gasteiger partial charge in [-0.1, -0.05) is 32.8 Å². The van der Waals surface area contributed by atoms with Gasteiger partial charge in [-0.2, -0.15) is 13.2 Å². The third kappa shape index (κ3) is 4.18. The highest BCUT2D eigenvalue weighted by Gasteiger charge is 2.34. The molecule has 0 aromatic heterocycles. The van der Waals surface area contributed by atoms with Crippen LogP contribution in [0.3, 0.4) is 0 Å². The van der Waals surface area contributed by atoms with Crippen molar-refractivity contribution in [1.29, 1.82) is 0 Å². The van der Waals surface area contributed by atoms with Crippen LogP contribution in [0.25, 0.3) is 0 Å². The highest BCUT2D eigenvalue weighted by atomic mass is 19.4. The van der Waals surface area contributed by atoms with Crippen molar-refractivity contribution in [3.8, 4) is 0 Å². The Labute approximate surface area is 116 Å². The summed E-state index contributed by atoms with van der Waals surface area (Å²) in [6.45, 7) is 4.04. The monoisotopic (exact) mass is 292 g/mol. The third-order valence-electron chi connectivity index (χ3n) is 3.62. The molecule has 0 fully saturated rings. The first kappa shape index (κ1) is 16.9. The third-order valence-corrected chi connectivity index (χ3v) is 3.62. The summed E-state index contributed by atoms with van der Waals surface area (Å²) < 4.78 is 51.4. The molecule has 1 atom stereocenters. The van der Waals surface area contributed by atoms with E-state index in [9.17, 15) is 17.6 Å². The topological polar surface area (TPSA) is 38.0 Å². The minimum absolute atomic E-state index is 0.355. The molecular formula is C14H20F4N2. The predicted molar refractivity (Wildman–Crippen MR) is 70.2 cm³/mol. The number of alkyl halides is 3. The lowest BCUT2D eigenvalue weighted by Crippen LogP contribution is -2.30. The molecule has 6 heteroatoms. The first-order chi connectivity index (χ1) is 9.33. The van der Waals surface area contributed by atoms with Gasteiger partial charge in [0, 0.05) is 6.04 Å². The zero-order valence-electron chi connectivity index (χ0n) is 11.6. The van der Waals surface area contributed by atoms with Crippen LogP contribution in [0.5, 0.6) is 0 Å². The van der Waals surface area contributed by atoms with E-state index in [2.05, 4.69) is 5.43 Å². The lowest BCUT2D eigenvalue weighted by molar-refractivity contribution is -0.140. The van der Waals surface area contributed by atoms with E-state index in [1.54, 1.807) is 0 Å². The van der Waals surface area contributed by atoms with Crippen LogP contribution < -0.4 is 11.3 Å². The van der Waals surface area contributed by atoms with Crippen LogP contribution in [-0.2, 0) is 6.18 Å². The number of hydrazine groups is 1. The average molecular weight is 292 g/mol. The van der Waals surface area contributed by atoms with Gasteiger partial charge < -0.3 is 0 Å². The molecule has 3 N–H and O–H groups in total. The van der Waals surface area contributed by atoms with Gasteiger partial charge in [0.25, 0.3) is 0 Å². The van der Waals surface area contributed by atoms with Crippen molar-refractivity contribution in [2.75, 3.05) is 0 Å². The van der Waals surface area contributed by atoms with Gasteiger partial charge in [-0.3, -0.25) is 11.3 Å². The Kier molecular flexibility index (Phi) is 5.95. The SMILES string of the molecule is CCC(CC)CC(NN)c1ccc(F)c(C(F)(F)F)c1. The van der Waals surface area contributed by atoms with Crippen molar-refractivity contribution >= 4 is 0 Å². The fraction of sp³-hybridized carbons (Fsp3) is 0.571. The summed E-state index contributed by atoms with van der Waals surface area (Å²) in [5.74, 6) is 4.53. The standard InChI is InChI=1S/C14H20F4N2/c1-3-9(4-2)7-13(20-19)10-5-6-12(15)11(8-10)14(16,17)18/h5-6,8-9,13,20H,3-4,7,19H2,1-2H3. The number of nitrogens with one attached hydrogen (secondary N) is 1. The maximum Gasteiger partial charge on any atom is 0.419 e. The number of halogens is 4. The Morgan fingerprint density at radius 2 is 1.80 bits per heavy atom. The first-order valence-electron chi connectivity index (χ1n) is 6.66. The highest BCUT2D eigenvalue weighted by Crippen LogP contribution is 2.34. The molecule has 20 heavy (non-hydrogen) atoms. The predicted octanol–water partition coefficient (Wildman–Crippen LogP) is 4.18. The van der Waals surface area contributed by atoms with Crippen LogP contribution in [0.4, 0.5) is 17.6 Å². The number of hydrogen-bond donors (Lipinski definition) is 2. The maximum atomic E-state index is 13.3. The molecular weight excluding hydrogens is 272 g/mol. The largest absolute Gasteiger partial charge is 0.419 e. The number of hydrogen-bond acceptors (Lipinski definition) is 2. The average Bonchev–Trinajstić information content (AvgIpc) is 2.40. The molecule has 0 aliphatic carbocycles. The Balaban J connectivity index is 3.05. The van der Waals surface area contributed by atoms with E-state index >= 15 is 0 Å². The molecule has 0 aliphatic rings. The molecule has 1 unspecified atom stereocenters. The second-order valence-corrected chi connectivity index (χ2v) is 4.87. The van der Waals surface area contributed by atoms with Crippen molar-refractivity contribution in [2.24, 2.45) is 11.8 Å². The van der Waals surface area contributed by atoms with E-state index in [-0.39, 0.29) is 0 Å². The molecule has 0 spiro atoms. The van der Waals surface area contributed by atoms with Crippen LogP contribution in [-0.4, -0.2) is 0 Å². The van der Waals surface area contributed by atoms with E-state index < -0.39 is 23.6 Å². The zero-order valence-corrected chi connectivity index (χ0v) is 11.6. The number of rotatable bonds is 6. The van der Waals surface area contributed by atoms with Crippen LogP contribution in [0.2, 0.25) is 0 Å². The van der Waals surface area contributed by atoms with Crippen molar-refractivity contribution in [3.63, 3.8) is 0 Å². The molecule has 0 radical (unpaired) electrons. The summed E-state index contributed by atoms with van der Waals surface area (Å²) in [5, 5.41) is 0. The lowest BCUT2D eigenvalue weighted by atomic mass is 9.91. The van der Waals surface area contributed by atoms with E-state index in [0.29, 0.717) is 17.9 Å². The number of benzene rings is 1. The van der Waals surface area contributed by atoms with Crippen LogP contribution in [0, 0.1) is 11.7 Å². The van der Waals surface area contributed by atoms with E-state index in [4.69, 9.17) is 5.84 Å². The summed E-state index contributed by atoms with van der Waals surface area (Å²) in [5.41, 5.74) is 1.63. The first-order valence-corrected chi connectivity index (χ1v) is 6.66. The molecule has 0 heterocycles. The van der Waals surface area contributed by atoms with Crippen molar-refractivity contribution in [2.45, 2.75) is 45.3 Å². The van der Waals surface area contributed by atoms with Crippen LogP contribution in [0.1, 0.15) is 50.3 Å². The summed E-state index contributed by atoms with van der Waals surface area (Å²) in [6, 6.07) is 2.61. The lowest BCUT2D eigenvalue weighted by Gasteiger charge is -2.22. The van der Waals surface area contributed by atoms with Gasteiger partial charge in [-0.25, -0.2) is 4.39 Å². The summed E-state index contributed by atoms with van der Waals surface area (Å²) in [4.78, 5) is 0. The van der Waals surface area contributed by atoms with Crippen molar-refractivity contribution in [3.05, 3.63) is 35.1 Å². The van der Waals surface area contributed by atoms with Gasteiger partial charge in [0.15, 0.2) is 0 Å². The Hall–Kier alpha value is -1.14. The quantitative estimate of drug-likeness (QED) is 0.469. The molecule has 1 aromatic rings. The van der Waals surface area contributed by atoms with Gasteiger partial charge in [0.05, 0.1) is 5.56 Å². The maximum absolute atomic E-state index is 13.3. The molecule has 0 saturated heterocycles. The van der Waals surface area contributed by atoms with Crippen LogP contribution >= 0.6 is 0 Å². The molecule has 0 saturated carbocycles. The number of nitrogens with two attached hydrogens (primary N) is 1. The summed E-state index contributed by atoms with van der Waals surface area (Å²) in [6.07, 6.45) is -2.25. The van der Waals surface area contributed by atoms with Gasteiger partial charge in [-0.05, 0) is 30.0 Å². The fourth-order valence-electron chi connectivity index (χ4n) is 2.23. The van der Waals surface area contributed by atoms with E-state index in [1.165, 1.54) is 6.07 Å². The van der Waals surface area contributed by atoms with Crippen molar-refractivity contribution < 1.29 is 17.6 Å². The van der Waals surface area contributed by atoms with Gasteiger partial charge >= 0.3 is 6.18 Å². The fourth-order valence-corrected chi connectivity index (χ4v) is 2.23. The minimum Gasteiger partial charge on any atom is -0.271 e. The molecule has 114 valence electrons. The Bertz CT molecular complexity index is 428. The van der Waals surface area contributed by atoms with E-state index in [0.717, 1.165) is 25.0 Å².